The largest absolute Gasteiger partial charge is 0.495 e. The normalized spacial score (nSPS) is 14.7. The molecular formula is C19H22N2O5S. The topological polar surface area (TPSA) is 84.9 Å². The molecule has 7 nitrogen and oxygen atoms in total. The van der Waals surface area contributed by atoms with Gasteiger partial charge in [-0.1, -0.05) is 12.1 Å². The van der Waals surface area contributed by atoms with E-state index in [1.165, 1.54) is 26.2 Å². The van der Waals surface area contributed by atoms with Gasteiger partial charge in [-0.2, -0.15) is 0 Å². The van der Waals surface area contributed by atoms with E-state index in [4.69, 9.17) is 9.47 Å². The minimum absolute atomic E-state index is 0.0222. The molecule has 144 valence electrons. The zero-order valence-electron chi connectivity index (χ0n) is 15.3. The summed E-state index contributed by atoms with van der Waals surface area (Å²) in [5, 5.41) is 0. The molecule has 0 bridgehead atoms. The van der Waals surface area contributed by atoms with Gasteiger partial charge in [0.05, 0.1) is 30.9 Å². The van der Waals surface area contributed by atoms with E-state index >= 15 is 0 Å². The van der Waals surface area contributed by atoms with Gasteiger partial charge in [0.15, 0.2) is 5.78 Å². The third kappa shape index (κ3) is 4.40. The number of hydrogen-bond acceptors (Lipinski definition) is 6. The highest BCUT2D eigenvalue weighted by atomic mass is 32.2. The van der Waals surface area contributed by atoms with Crippen molar-refractivity contribution in [2.45, 2.75) is 11.8 Å². The van der Waals surface area contributed by atoms with Crippen molar-refractivity contribution in [3.8, 4) is 5.75 Å². The monoisotopic (exact) mass is 390 g/mol. The van der Waals surface area contributed by atoms with Crippen LogP contribution in [0, 0.1) is 0 Å². The molecular weight excluding hydrogens is 368 g/mol. The van der Waals surface area contributed by atoms with E-state index in [9.17, 15) is 13.2 Å². The summed E-state index contributed by atoms with van der Waals surface area (Å²) in [6.45, 7) is 4.13. The first-order valence-electron chi connectivity index (χ1n) is 8.55. The molecule has 3 rings (SSSR count). The maximum atomic E-state index is 12.8. The van der Waals surface area contributed by atoms with Gasteiger partial charge in [-0.25, -0.2) is 8.42 Å². The smallest absolute Gasteiger partial charge is 0.262 e. The van der Waals surface area contributed by atoms with E-state index < -0.39 is 10.0 Å². The molecule has 0 atom stereocenters. The second-order valence-electron chi connectivity index (χ2n) is 6.17. The Kier molecular flexibility index (Phi) is 5.67. The zero-order valence-corrected chi connectivity index (χ0v) is 16.1. The van der Waals surface area contributed by atoms with Crippen LogP contribution in [0.3, 0.4) is 0 Å². The van der Waals surface area contributed by atoms with Crippen LogP contribution in [0.1, 0.15) is 17.3 Å². The standard InChI is InChI=1S/C19H22N2O5S/c1-14(22)15-4-3-5-17(12-15)27(23,24)20-18-13-16(6-7-19(18)25-2)21-8-10-26-11-9-21/h3-7,12-13,20H,8-11H2,1-2H3. The summed E-state index contributed by atoms with van der Waals surface area (Å²) in [6.07, 6.45) is 0. The number of carbonyl (C=O) groups excluding carboxylic acids is 1. The van der Waals surface area contributed by atoms with Crippen LogP contribution < -0.4 is 14.4 Å². The fraction of sp³-hybridized carbons (Fsp3) is 0.316. The van der Waals surface area contributed by atoms with Crippen LogP contribution in [-0.2, 0) is 14.8 Å². The van der Waals surface area contributed by atoms with Crippen LogP contribution in [0.4, 0.5) is 11.4 Å². The van der Waals surface area contributed by atoms with Gasteiger partial charge in [0.2, 0.25) is 0 Å². The van der Waals surface area contributed by atoms with Crippen LogP contribution in [0.2, 0.25) is 0 Å². The van der Waals surface area contributed by atoms with Gasteiger partial charge < -0.3 is 14.4 Å². The molecule has 1 fully saturated rings. The third-order valence-electron chi connectivity index (χ3n) is 4.35. The van der Waals surface area contributed by atoms with E-state index in [2.05, 4.69) is 9.62 Å². The Morgan fingerprint density at radius 2 is 1.89 bits per heavy atom. The second-order valence-corrected chi connectivity index (χ2v) is 7.86. The van der Waals surface area contributed by atoms with Crippen LogP contribution in [-0.4, -0.2) is 47.6 Å². The average Bonchev–Trinajstić information content (AvgIpc) is 2.68. The lowest BCUT2D eigenvalue weighted by atomic mass is 10.2. The summed E-state index contributed by atoms with van der Waals surface area (Å²) in [4.78, 5) is 13.7. The lowest BCUT2D eigenvalue weighted by molar-refractivity contribution is 0.101. The highest BCUT2D eigenvalue weighted by molar-refractivity contribution is 7.92. The van der Waals surface area contributed by atoms with Crippen LogP contribution in [0.15, 0.2) is 47.4 Å². The summed E-state index contributed by atoms with van der Waals surface area (Å²) < 4.78 is 38.9. The number of nitrogens with one attached hydrogen (secondary N) is 1. The predicted octanol–water partition coefficient (Wildman–Crippen LogP) is 2.54. The highest BCUT2D eigenvalue weighted by Crippen LogP contribution is 2.32. The Balaban J connectivity index is 1.93. The minimum Gasteiger partial charge on any atom is -0.495 e. The number of carbonyl (C=O) groups is 1. The van der Waals surface area contributed by atoms with Crippen molar-refractivity contribution in [2.75, 3.05) is 43.0 Å². The highest BCUT2D eigenvalue weighted by Gasteiger charge is 2.19. The number of sulfonamides is 1. The fourth-order valence-corrected chi connectivity index (χ4v) is 3.99. The van der Waals surface area contributed by atoms with Gasteiger partial charge in [-0.3, -0.25) is 9.52 Å². The van der Waals surface area contributed by atoms with E-state index in [0.717, 1.165) is 18.8 Å². The van der Waals surface area contributed by atoms with Gasteiger partial charge in [0.1, 0.15) is 5.75 Å². The van der Waals surface area contributed by atoms with E-state index in [0.29, 0.717) is 30.2 Å². The number of methoxy groups -OCH3 is 1. The van der Waals surface area contributed by atoms with Crippen molar-refractivity contribution >= 4 is 27.2 Å². The summed E-state index contributed by atoms with van der Waals surface area (Å²) in [7, 11) is -2.39. The minimum atomic E-state index is -3.87. The number of rotatable bonds is 6. The first-order chi connectivity index (χ1) is 12.9. The SMILES string of the molecule is COc1ccc(N2CCOCC2)cc1NS(=O)(=O)c1cccc(C(C)=O)c1. The zero-order chi connectivity index (χ0) is 19.4. The molecule has 0 saturated carbocycles. The Bertz CT molecular complexity index is 937. The summed E-state index contributed by atoms with van der Waals surface area (Å²) in [5.41, 5.74) is 1.57. The van der Waals surface area contributed by atoms with Gasteiger partial charge >= 0.3 is 0 Å². The number of ether oxygens (including phenoxy) is 2. The van der Waals surface area contributed by atoms with Crippen molar-refractivity contribution < 1.29 is 22.7 Å². The number of benzene rings is 2. The molecule has 0 aromatic heterocycles. The maximum Gasteiger partial charge on any atom is 0.262 e. The molecule has 8 heteroatoms. The van der Waals surface area contributed by atoms with Crippen LogP contribution >= 0.6 is 0 Å². The predicted molar refractivity (Wildman–Crippen MR) is 103 cm³/mol. The first-order valence-corrected chi connectivity index (χ1v) is 10.0. The summed E-state index contributed by atoms with van der Waals surface area (Å²) in [6, 6.07) is 11.3. The van der Waals surface area contributed by atoms with E-state index in [1.54, 1.807) is 24.3 Å². The average molecular weight is 390 g/mol. The number of ketones is 1. The van der Waals surface area contributed by atoms with Crippen molar-refractivity contribution in [3.05, 3.63) is 48.0 Å². The lowest BCUT2D eigenvalue weighted by Gasteiger charge is -2.29. The molecule has 2 aromatic carbocycles. The molecule has 2 aromatic rings. The van der Waals surface area contributed by atoms with Crippen molar-refractivity contribution in [3.63, 3.8) is 0 Å². The molecule has 0 aliphatic carbocycles. The Hall–Kier alpha value is -2.58. The molecule has 1 heterocycles. The summed E-state index contributed by atoms with van der Waals surface area (Å²) in [5.74, 6) is 0.220. The molecule has 1 N–H and O–H groups in total. The molecule has 1 saturated heterocycles. The molecule has 1 aliphatic heterocycles. The second kappa shape index (κ2) is 7.98. The number of hydrogen-bond donors (Lipinski definition) is 1. The van der Waals surface area contributed by atoms with Crippen molar-refractivity contribution in [2.24, 2.45) is 0 Å². The Labute approximate surface area is 158 Å². The van der Waals surface area contributed by atoms with Gasteiger partial charge in [-0.05, 0) is 37.3 Å². The number of anilines is 2. The molecule has 0 spiro atoms. The first kappa shape index (κ1) is 19.2. The molecule has 27 heavy (non-hydrogen) atoms. The van der Waals surface area contributed by atoms with Gasteiger partial charge in [0, 0.05) is 24.3 Å². The van der Waals surface area contributed by atoms with Gasteiger partial charge in [-0.15, -0.1) is 0 Å². The number of morpholine rings is 1. The molecule has 1 aliphatic rings. The van der Waals surface area contributed by atoms with Crippen LogP contribution in [0.25, 0.3) is 0 Å². The Morgan fingerprint density at radius 3 is 2.56 bits per heavy atom. The molecule has 0 radical (unpaired) electrons. The Morgan fingerprint density at radius 1 is 1.15 bits per heavy atom. The molecule has 0 amide bonds. The van der Waals surface area contributed by atoms with Crippen molar-refractivity contribution in [1.29, 1.82) is 0 Å². The van der Waals surface area contributed by atoms with Crippen molar-refractivity contribution in [1.82, 2.24) is 0 Å². The third-order valence-corrected chi connectivity index (χ3v) is 5.72. The fourth-order valence-electron chi connectivity index (χ4n) is 2.88. The number of nitrogens with zero attached hydrogens (tertiary/aromatic N) is 1. The summed E-state index contributed by atoms with van der Waals surface area (Å²) >= 11 is 0. The lowest BCUT2D eigenvalue weighted by Crippen LogP contribution is -2.36. The molecule has 0 unspecified atom stereocenters. The van der Waals surface area contributed by atoms with Crippen LogP contribution in [0.5, 0.6) is 5.75 Å². The van der Waals surface area contributed by atoms with E-state index in [-0.39, 0.29) is 10.7 Å². The maximum absolute atomic E-state index is 12.8. The quantitative estimate of drug-likeness (QED) is 0.763. The number of Topliss-reactive ketones (excluding diaryl/α,β-unsaturated/α-hetero) is 1. The van der Waals surface area contributed by atoms with Gasteiger partial charge in [0.25, 0.3) is 10.0 Å². The van der Waals surface area contributed by atoms with E-state index in [1.807, 2.05) is 6.07 Å².